The van der Waals surface area contributed by atoms with Crippen LogP contribution in [0, 0.1) is 5.92 Å². The summed E-state index contributed by atoms with van der Waals surface area (Å²) < 4.78 is 0. The standard InChI is InChI=1S/C7H15N.C4H10.C2H6/c1-2-8-6-4-3-5-7-8;1-4(2)3;1-2/h2-7H2,1H3;4H,1-3H3;1-2H3. The maximum atomic E-state index is 2.52. The van der Waals surface area contributed by atoms with Crippen molar-refractivity contribution in [3.05, 3.63) is 0 Å². The Morgan fingerprint density at radius 3 is 1.50 bits per heavy atom. The van der Waals surface area contributed by atoms with Gasteiger partial charge in [-0.3, -0.25) is 0 Å². The molecule has 1 rings (SSSR count). The van der Waals surface area contributed by atoms with Crippen LogP contribution in [-0.4, -0.2) is 24.5 Å². The van der Waals surface area contributed by atoms with Crippen LogP contribution in [0.2, 0.25) is 0 Å². The lowest BCUT2D eigenvalue weighted by Gasteiger charge is -2.24. The molecule has 1 heteroatoms. The number of hydrogen-bond donors (Lipinski definition) is 0. The predicted molar refractivity (Wildman–Crippen MR) is 67.8 cm³/mol. The van der Waals surface area contributed by atoms with Crippen molar-refractivity contribution in [2.45, 2.75) is 60.8 Å². The summed E-state index contributed by atoms with van der Waals surface area (Å²) in [5.74, 6) is 0.833. The Balaban J connectivity index is 0. The number of nitrogens with zero attached hydrogens (tertiary/aromatic N) is 1. The summed E-state index contributed by atoms with van der Waals surface area (Å²) >= 11 is 0. The van der Waals surface area contributed by atoms with E-state index in [-0.39, 0.29) is 0 Å². The van der Waals surface area contributed by atoms with Crippen LogP contribution in [0.5, 0.6) is 0 Å². The van der Waals surface area contributed by atoms with Crippen molar-refractivity contribution in [2.75, 3.05) is 19.6 Å². The quantitative estimate of drug-likeness (QED) is 0.615. The van der Waals surface area contributed by atoms with Crippen molar-refractivity contribution in [1.82, 2.24) is 4.90 Å². The molecule has 0 amide bonds. The molecule has 1 saturated heterocycles. The molecule has 0 saturated carbocycles. The van der Waals surface area contributed by atoms with Crippen molar-refractivity contribution in [1.29, 1.82) is 0 Å². The Morgan fingerprint density at radius 1 is 0.929 bits per heavy atom. The first-order chi connectivity index (χ1) is 6.66. The molecule has 1 fully saturated rings. The maximum absolute atomic E-state index is 2.52. The van der Waals surface area contributed by atoms with E-state index in [0.29, 0.717) is 0 Å². The van der Waals surface area contributed by atoms with Gasteiger partial charge < -0.3 is 4.90 Å². The van der Waals surface area contributed by atoms with Crippen molar-refractivity contribution < 1.29 is 0 Å². The van der Waals surface area contributed by atoms with Gasteiger partial charge >= 0.3 is 0 Å². The summed E-state index contributed by atoms with van der Waals surface area (Å²) in [7, 11) is 0. The number of hydrogen-bond acceptors (Lipinski definition) is 1. The van der Waals surface area contributed by atoms with Gasteiger partial charge in [-0.2, -0.15) is 0 Å². The van der Waals surface area contributed by atoms with Crippen LogP contribution >= 0.6 is 0 Å². The number of likely N-dealkylation sites (tertiary alicyclic amines) is 1. The molecule has 0 bridgehead atoms. The molecule has 1 aliphatic heterocycles. The molecule has 0 aromatic rings. The normalized spacial score (nSPS) is 16.5. The Labute approximate surface area is 91.9 Å². The summed E-state index contributed by atoms with van der Waals surface area (Å²) in [6.07, 6.45) is 4.30. The molecule has 0 aliphatic carbocycles. The smallest absolute Gasteiger partial charge is 0.00188 e. The molecule has 1 heterocycles. The van der Waals surface area contributed by atoms with E-state index >= 15 is 0 Å². The molecular weight excluding hydrogens is 170 g/mol. The fraction of sp³-hybridized carbons (Fsp3) is 1.00. The van der Waals surface area contributed by atoms with E-state index in [1.165, 1.54) is 38.9 Å². The highest BCUT2D eigenvalue weighted by atomic mass is 15.1. The molecule has 88 valence electrons. The van der Waals surface area contributed by atoms with E-state index in [9.17, 15) is 0 Å². The summed E-state index contributed by atoms with van der Waals surface area (Å²) in [4.78, 5) is 2.52. The summed E-state index contributed by atoms with van der Waals surface area (Å²) in [5, 5.41) is 0. The molecule has 0 unspecified atom stereocenters. The lowest BCUT2D eigenvalue weighted by molar-refractivity contribution is 0.240. The summed E-state index contributed by atoms with van der Waals surface area (Å²) in [5.41, 5.74) is 0. The van der Waals surface area contributed by atoms with Crippen molar-refractivity contribution >= 4 is 0 Å². The third kappa shape index (κ3) is 14.5. The van der Waals surface area contributed by atoms with Crippen LogP contribution in [0.4, 0.5) is 0 Å². The van der Waals surface area contributed by atoms with Gasteiger partial charge in [-0.1, -0.05) is 48.0 Å². The fourth-order valence-electron chi connectivity index (χ4n) is 1.28. The first-order valence-electron chi connectivity index (χ1n) is 6.39. The van der Waals surface area contributed by atoms with Gasteiger partial charge in [0.2, 0.25) is 0 Å². The van der Waals surface area contributed by atoms with E-state index in [2.05, 4.69) is 32.6 Å². The SMILES string of the molecule is CC.CC(C)C.CCN1CCCCC1. The highest BCUT2D eigenvalue weighted by molar-refractivity contribution is 4.61. The van der Waals surface area contributed by atoms with Crippen molar-refractivity contribution in [3.63, 3.8) is 0 Å². The second-order valence-electron chi connectivity index (χ2n) is 4.23. The maximum Gasteiger partial charge on any atom is -0.00188 e. The minimum absolute atomic E-state index is 0.833. The topological polar surface area (TPSA) is 3.24 Å². The van der Waals surface area contributed by atoms with E-state index < -0.39 is 0 Å². The Kier molecular flexibility index (Phi) is 15.2. The lowest BCUT2D eigenvalue weighted by Crippen LogP contribution is -2.29. The van der Waals surface area contributed by atoms with Gasteiger partial charge in [0.1, 0.15) is 0 Å². The zero-order valence-electron chi connectivity index (χ0n) is 11.3. The first kappa shape index (κ1) is 16.4. The highest BCUT2D eigenvalue weighted by Crippen LogP contribution is 2.06. The average Bonchev–Trinajstić information content (AvgIpc) is 2.21. The number of piperidine rings is 1. The minimum Gasteiger partial charge on any atom is -0.304 e. The molecule has 14 heavy (non-hydrogen) atoms. The first-order valence-corrected chi connectivity index (χ1v) is 6.39. The number of rotatable bonds is 1. The van der Waals surface area contributed by atoms with Gasteiger partial charge in [0.05, 0.1) is 0 Å². The highest BCUT2D eigenvalue weighted by Gasteiger charge is 2.05. The molecule has 0 aromatic carbocycles. The van der Waals surface area contributed by atoms with Gasteiger partial charge in [0, 0.05) is 0 Å². The summed E-state index contributed by atoms with van der Waals surface area (Å²) in [6.45, 7) is 16.7. The van der Waals surface area contributed by atoms with Gasteiger partial charge in [0.25, 0.3) is 0 Å². The Morgan fingerprint density at radius 2 is 1.29 bits per heavy atom. The molecule has 1 nitrogen and oxygen atoms in total. The van der Waals surface area contributed by atoms with Crippen LogP contribution < -0.4 is 0 Å². The monoisotopic (exact) mass is 201 g/mol. The van der Waals surface area contributed by atoms with E-state index in [0.717, 1.165) is 5.92 Å². The van der Waals surface area contributed by atoms with Gasteiger partial charge in [0.15, 0.2) is 0 Å². The Hall–Kier alpha value is -0.0400. The van der Waals surface area contributed by atoms with Gasteiger partial charge in [-0.05, 0) is 38.4 Å². The van der Waals surface area contributed by atoms with Crippen LogP contribution in [-0.2, 0) is 0 Å². The third-order valence-corrected chi connectivity index (χ3v) is 1.90. The Bertz CT molecular complexity index is 80.5. The minimum atomic E-state index is 0.833. The van der Waals surface area contributed by atoms with Crippen LogP contribution in [0.25, 0.3) is 0 Å². The zero-order valence-corrected chi connectivity index (χ0v) is 11.3. The van der Waals surface area contributed by atoms with E-state index in [1.807, 2.05) is 13.8 Å². The van der Waals surface area contributed by atoms with Crippen molar-refractivity contribution in [2.24, 2.45) is 5.92 Å². The zero-order chi connectivity index (χ0) is 11.4. The molecular formula is C13H31N. The van der Waals surface area contributed by atoms with Crippen molar-refractivity contribution in [3.8, 4) is 0 Å². The molecule has 0 radical (unpaired) electrons. The molecule has 0 aromatic heterocycles. The second kappa shape index (κ2) is 13.0. The second-order valence-corrected chi connectivity index (χ2v) is 4.23. The molecule has 0 atom stereocenters. The van der Waals surface area contributed by atoms with E-state index in [4.69, 9.17) is 0 Å². The summed E-state index contributed by atoms with van der Waals surface area (Å²) in [6, 6.07) is 0. The largest absolute Gasteiger partial charge is 0.304 e. The molecule has 0 N–H and O–H groups in total. The lowest BCUT2D eigenvalue weighted by atomic mass is 10.1. The molecule has 0 spiro atoms. The van der Waals surface area contributed by atoms with Crippen LogP contribution in [0.1, 0.15) is 60.8 Å². The van der Waals surface area contributed by atoms with E-state index in [1.54, 1.807) is 0 Å². The average molecular weight is 201 g/mol. The van der Waals surface area contributed by atoms with Crippen LogP contribution in [0.15, 0.2) is 0 Å². The van der Waals surface area contributed by atoms with Gasteiger partial charge in [-0.25, -0.2) is 0 Å². The molecule has 1 aliphatic rings. The fourth-order valence-corrected chi connectivity index (χ4v) is 1.28. The van der Waals surface area contributed by atoms with Gasteiger partial charge in [-0.15, -0.1) is 0 Å². The predicted octanol–water partition coefficient (Wildman–Crippen LogP) is 4.18. The third-order valence-electron chi connectivity index (χ3n) is 1.90. The van der Waals surface area contributed by atoms with Crippen LogP contribution in [0.3, 0.4) is 0 Å².